The molecule has 0 aliphatic carbocycles. The Bertz CT molecular complexity index is 806. The van der Waals surface area contributed by atoms with Crippen molar-refractivity contribution in [3.05, 3.63) is 76.6 Å². The molecule has 0 radical (unpaired) electrons. The number of rotatable bonds is 6. The first-order valence-corrected chi connectivity index (χ1v) is 7.67. The van der Waals surface area contributed by atoms with Crippen LogP contribution in [0.1, 0.15) is 10.4 Å². The Labute approximate surface area is 161 Å². The summed E-state index contributed by atoms with van der Waals surface area (Å²) in [6.07, 6.45) is 3.69. The van der Waals surface area contributed by atoms with E-state index < -0.39 is 4.92 Å². The first kappa shape index (κ1) is 19.5. The number of methoxy groups -OCH3 is 1. The highest BCUT2D eigenvalue weighted by atomic mass is 79.9. The van der Waals surface area contributed by atoms with E-state index in [9.17, 15) is 14.9 Å². The normalized spacial score (nSPS) is 12.7. The van der Waals surface area contributed by atoms with Crippen molar-refractivity contribution < 1.29 is 14.5 Å². The predicted molar refractivity (Wildman–Crippen MR) is 104 cm³/mol. The second-order valence-electron chi connectivity index (χ2n) is 5.58. The molecule has 0 amide bonds. The number of halogens is 1. The molecule has 8 heteroatoms. The van der Waals surface area contributed by atoms with Crippen molar-refractivity contribution in [1.29, 1.82) is 0 Å². The number of hydrogen-bond donors (Lipinski definition) is 0. The van der Waals surface area contributed by atoms with Crippen molar-refractivity contribution in [2.24, 2.45) is 0 Å². The molecule has 136 valence electrons. The van der Waals surface area contributed by atoms with Crippen LogP contribution in [0.25, 0.3) is 0 Å². The number of ether oxygens (including phenoxy) is 1. The fourth-order valence-corrected chi connectivity index (χ4v) is 2.55. The molecule has 2 aromatic rings. The standard InChI is InChI=1S/C18H17N3O4.BrH/c1-25-17-8-2-14(3-9-17)18(22)12-19-10-11-20(13-19)15-4-6-16(7-5-15)21(23)24;/h2-11H,12-13H2,1H3;1H. The number of non-ortho nitro benzene ring substituents is 1. The van der Waals surface area contributed by atoms with Crippen LogP contribution >= 0.6 is 17.0 Å². The van der Waals surface area contributed by atoms with Crippen molar-refractivity contribution in [1.82, 2.24) is 4.90 Å². The maximum Gasteiger partial charge on any atom is 0.269 e. The number of carbonyl (C=O) groups is 1. The molecule has 26 heavy (non-hydrogen) atoms. The van der Waals surface area contributed by atoms with Gasteiger partial charge in [-0.25, -0.2) is 0 Å². The SMILES string of the molecule is Br.COc1ccc(C(=O)CN2C=CN(c3ccc([N+](=O)[O-])cc3)C2)cc1. The van der Waals surface area contributed by atoms with Gasteiger partial charge in [0, 0.05) is 35.8 Å². The summed E-state index contributed by atoms with van der Waals surface area (Å²) in [4.78, 5) is 26.4. The van der Waals surface area contributed by atoms with E-state index in [1.54, 1.807) is 43.5 Å². The van der Waals surface area contributed by atoms with E-state index >= 15 is 0 Å². The van der Waals surface area contributed by atoms with E-state index in [2.05, 4.69) is 0 Å². The highest BCUT2D eigenvalue weighted by Gasteiger charge is 2.18. The number of anilines is 1. The number of nitro groups is 1. The van der Waals surface area contributed by atoms with E-state index in [0.717, 1.165) is 5.69 Å². The quantitative estimate of drug-likeness (QED) is 0.404. The van der Waals surface area contributed by atoms with E-state index in [1.807, 2.05) is 22.2 Å². The lowest BCUT2D eigenvalue weighted by atomic mass is 10.1. The van der Waals surface area contributed by atoms with Crippen LogP contribution in [0.15, 0.2) is 60.9 Å². The zero-order valence-corrected chi connectivity index (χ0v) is 15.8. The summed E-state index contributed by atoms with van der Waals surface area (Å²) in [5, 5.41) is 10.7. The number of Topliss-reactive ketones (excluding diaryl/α,β-unsaturated/α-hetero) is 1. The summed E-state index contributed by atoms with van der Waals surface area (Å²) in [5.41, 5.74) is 1.52. The van der Waals surface area contributed by atoms with E-state index in [4.69, 9.17) is 4.74 Å². The predicted octanol–water partition coefficient (Wildman–Crippen LogP) is 3.61. The highest BCUT2D eigenvalue weighted by molar-refractivity contribution is 8.93. The molecule has 1 heterocycles. The molecule has 1 aliphatic rings. The van der Waals surface area contributed by atoms with Gasteiger partial charge in [0.15, 0.2) is 5.78 Å². The molecular weight excluding hydrogens is 402 g/mol. The van der Waals surface area contributed by atoms with E-state index in [1.165, 1.54) is 12.1 Å². The van der Waals surface area contributed by atoms with Gasteiger partial charge in [0.05, 0.1) is 25.2 Å². The third-order valence-corrected chi connectivity index (χ3v) is 3.94. The topological polar surface area (TPSA) is 75.9 Å². The Morgan fingerprint density at radius 2 is 1.77 bits per heavy atom. The van der Waals surface area contributed by atoms with Crippen molar-refractivity contribution >= 4 is 34.1 Å². The van der Waals surface area contributed by atoms with E-state index in [-0.39, 0.29) is 35.0 Å². The largest absolute Gasteiger partial charge is 0.497 e. The molecule has 0 atom stereocenters. The second kappa shape index (κ2) is 8.48. The average Bonchev–Trinajstić information content (AvgIpc) is 3.10. The Hall–Kier alpha value is -2.87. The Balaban J connectivity index is 0.00000243. The van der Waals surface area contributed by atoms with Crippen LogP contribution in [0.4, 0.5) is 11.4 Å². The summed E-state index contributed by atoms with van der Waals surface area (Å²) in [7, 11) is 1.58. The first-order chi connectivity index (χ1) is 12.1. The number of benzene rings is 2. The molecule has 0 bridgehead atoms. The second-order valence-corrected chi connectivity index (χ2v) is 5.58. The summed E-state index contributed by atoms with van der Waals surface area (Å²) in [5.74, 6) is 0.722. The molecule has 0 saturated carbocycles. The van der Waals surface area contributed by atoms with Gasteiger partial charge in [-0.3, -0.25) is 14.9 Å². The van der Waals surface area contributed by atoms with Crippen molar-refractivity contribution in [3.63, 3.8) is 0 Å². The lowest BCUT2D eigenvalue weighted by Crippen LogP contribution is -2.29. The van der Waals surface area contributed by atoms with Gasteiger partial charge >= 0.3 is 0 Å². The van der Waals surface area contributed by atoms with Gasteiger partial charge in [0.2, 0.25) is 0 Å². The summed E-state index contributed by atoms with van der Waals surface area (Å²) in [6.45, 7) is 0.770. The Kier molecular flexibility index (Phi) is 6.35. The number of hydrogen-bond acceptors (Lipinski definition) is 6. The van der Waals surface area contributed by atoms with Gasteiger partial charge in [-0.05, 0) is 36.4 Å². The minimum Gasteiger partial charge on any atom is -0.497 e. The fourth-order valence-electron chi connectivity index (χ4n) is 2.55. The van der Waals surface area contributed by atoms with Gasteiger partial charge in [-0.15, -0.1) is 17.0 Å². The maximum atomic E-state index is 12.4. The molecule has 3 rings (SSSR count). The van der Waals surface area contributed by atoms with Crippen LogP contribution in [0.5, 0.6) is 5.75 Å². The molecule has 0 spiro atoms. The van der Waals surface area contributed by atoms with Gasteiger partial charge < -0.3 is 14.5 Å². The average molecular weight is 420 g/mol. The summed E-state index contributed by atoms with van der Waals surface area (Å²) >= 11 is 0. The molecule has 0 saturated heterocycles. The summed E-state index contributed by atoms with van der Waals surface area (Å²) in [6, 6.07) is 13.3. The van der Waals surface area contributed by atoms with Gasteiger partial charge in [0.25, 0.3) is 5.69 Å². The van der Waals surface area contributed by atoms with Crippen molar-refractivity contribution in [2.75, 3.05) is 25.2 Å². The summed E-state index contributed by atoms with van der Waals surface area (Å²) < 4.78 is 5.09. The molecule has 1 aliphatic heterocycles. The maximum absolute atomic E-state index is 12.4. The molecular formula is C18H18BrN3O4. The minimum atomic E-state index is -0.427. The van der Waals surface area contributed by atoms with Crippen molar-refractivity contribution in [3.8, 4) is 5.75 Å². The lowest BCUT2D eigenvalue weighted by Gasteiger charge is -2.20. The highest BCUT2D eigenvalue weighted by Crippen LogP contribution is 2.22. The van der Waals surface area contributed by atoms with Crippen LogP contribution < -0.4 is 9.64 Å². The molecule has 0 aromatic heterocycles. The number of nitrogens with zero attached hydrogens (tertiary/aromatic N) is 3. The third kappa shape index (κ3) is 4.40. The van der Waals surface area contributed by atoms with Crippen LogP contribution in [-0.2, 0) is 0 Å². The van der Waals surface area contributed by atoms with E-state index in [0.29, 0.717) is 18.0 Å². The van der Waals surface area contributed by atoms with Gasteiger partial charge in [-0.1, -0.05) is 0 Å². The lowest BCUT2D eigenvalue weighted by molar-refractivity contribution is -0.384. The van der Waals surface area contributed by atoms with Crippen LogP contribution in [0.3, 0.4) is 0 Å². The molecule has 0 fully saturated rings. The van der Waals surface area contributed by atoms with Crippen LogP contribution in [-0.4, -0.2) is 35.9 Å². The molecule has 0 N–H and O–H groups in total. The Morgan fingerprint density at radius 1 is 1.12 bits per heavy atom. The van der Waals surface area contributed by atoms with Gasteiger partial charge in [0.1, 0.15) is 5.75 Å². The number of carbonyl (C=O) groups excluding carboxylic acids is 1. The monoisotopic (exact) mass is 419 g/mol. The number of ketones is 1. The van der Waals surface area contributed by atoms with Crippen molar-refractivity contribution in [2.45, 2.75) is 0 Å². The van der Waals surface area contributed by atoms with Gasteiger partial charge in [-0.2, -0.15) is 0 Å². The molecule has 7 nitrogen and oxygen atoms in total. The molecule has 2 aromatic carbocycles. The zero-order valence-electron chi connectivity index (χ0n) is 14.1. The Morgan fingerprint density at radius 3 is 2.35 bits per heavy atom. The third-order valence-electron chi connectivity index (χ3n) is 3.94. The fraction of sp³-hybridized carbons (Fsp3) is 0.167. The number of nitro benzene ring substituents is 1. The first-order valence-electron chi connectivity index (χ1n) is 7.67. The van der Waals surface area contributed by atoms with Crippen LogP contribution in [0, 0.1) is 10.1 Å². The zero-order chi connectivity index (χ0) is 17.8. The van der Waals surface area contributed by atoms with Crippen LogP contribution in [0.2, 0.25) is 0 Å². The minimum absolute atomic E-state index is 0. The molecule has 0 unspecified atom stereocenters. The smallest absolute Gasteiger partial charge is 0.269 e.